The number of rotatable bonds is 8. The van der Waals surface area contributed by atoms with Crippen molar-refractivity contribution in [2.45, 2.75) is 32.0 Å². The van der Waals surface area contributed by atoms with Crippen LogP contribution in [0, 0.1) is 0 Å². The molecule has 0 saturated carbocycles. The fourth-order valence-electron chi connectivity index (χ4n) is 2.58. The molecular weight excluding hydrogens is 343 g/mol. The number of hydrogen-bond donors (Lipinski definition) is 1. The minimum atomic E-state index is -4.33. The van der Waals surface area contributed by atoms with Gasteiger partial charge in [-0.2, -0.15) is 13.2 Å². The van der Waals surface area contributed by atoms with Crippen LogP contribution in [0.15, 0.2) is 54.6 Å². The van der Waals surface area contributed by atoms with E-state index in [4.69, 9.17) is 4.74 Å². The third-order valence-corrected chi connectivity index (χ3v) is 3.85. The summed E-state index contributed by atoms with van der Waals surface area (Å²) in [6.07, 6.45) is -3.65. The normalized spacial score (nSPS) is 12.6. The summed E-state index contributed by atoms with van der Waals surface area (Å²) >= 11 is 0. The van der Waals surface area contributed by atoms with E-state index in [1.807, 2.05) is 37.3 Å². The van der Waals surface area contributed by atoms with Crippen LogP contribution in [0.5, 0.6) is 0 Å². The second-order valence-corrected chi connectivity index (χ2v) is 6.14. The average molecular weight is 365 g/mol. The lowest BCUT2D eigenvalue weighted by atomic mass is 10.0. The van der Waals surface area contributed by atoms with Crippen LogP contribution in [-0.4, -0.2) is 25.2 Å². The molecule has 0 bridgehead atoms. The van der Waals surface area contributed by atoms with Crippen molar-refractivity contribution in [1.82, 2.24) is 5.32 Å². The zero-order valence-electron chi connectivity index (χ0n) is 14.6. The highest BCUT2D eigenvalue weighted by molar-refractivity contribution is 5.72. The van der Waals surface area contributed by atoms with Crippen LogP contribution in [0.4, 0.5) is 13.2 Å². The van der Waals surface area contributed by atoms with Gasteiger partial charge in [0, 0.05) is 12.6 Å². The molecular formula is C20H22F3NO2. The number of carbonyl (C=O) groups excluding carboxylic acids is 1. The van der Waals surface area contributed by atoms with Crippen molar-refractivity contribution in [3.8, 4) is 0 Å². The van der Waals surface area contributed by atoms with Crippen molar-refractivity contribution in [2.24, 2.45) is 0 Å². The van der Waals surface area contributed by atoms with Crippen LogP contribution in [0.25, 0.3) is 0 Å². The Balaban J connectivity index is 1.69. The molecule has 1 atom stereocenters. The van der Waals surface area contributed by atoms with Crippen LogP contribution in [0.1, 0.15) is 23.6 Å². The second kappa shape index (κ2) is 9.38. The molecule has 0 heterocycles. The Hall–Kier alpha value is -2.34. The van der Waals surface area contributed by atoms with Crippen molar-refractivity contribution in [1.29, 1.82) is 0 Å². The zero-order valence-corrected chi connectivity index (χ0v) is 14.6. The van der Waals surface area contributed by atoms with Gasteiger partial charge in [-0.25, -0.2) is 0 Å². The van der Waals surface area contributed by atoms with Crippen LogP contribution in [-0.2, 0) is 28.5 Å². The van der Waals surface area contributed by atoms with Crippen molar-refractivity contribution in [2.75, 3.05) is 13.2 Å². The maximum absolute atomic E-state index is 12.7. The number of hydrogen-bond acceptors (Lipinski definition) is 3. The van der Waals surface area contributed by atoms with Gasteiger partial charge in [0.25, 0.3) is 0 Å². The Morgan fingerprint density at radius 2 is 1.77 bits per heavy atom. The van der Waals surface area contributed by atoms with E-state index in [1.54, 1.807) is 6.07 Å². The number of alkyl halides is 3. The molecule has 140 valence electrons. The van der Waals surface area contributed by atoms with Crippen molar-refractivity contribution < 1.29 is 22.7 Å². The SMILES string of the molecule is CC(Cc1cccc(C(F)(F)F)c1)NCCOC(=O)Cc1ccccc1. The first kappa shape index (κ1) is 20.0. The van der Waals surface area contributed by atoms with E-state index >= 15 is 0 Å². The number of ether oxygens (including phenoxy) is 1. The van der Waals surface area contributed by atoms with E-state index in [2.05, 4.69) is 5.32 Å². The second-order valence-electron chi connectivity index (χ2n) is 6.14. The predicted octanol–water partition coefficient (Wildman–Crippen LogP) is 4.01. The Morgan fingerprint density at radius 3 is 2.46 bits per heavy atom. The van der Waals surface area contributed by atoms with Crippen LogP contribution in [0.2, 0.25) is 0 Å². The topological polar surface area (TPSA) is 38.3 Å². The lowest BCUT2D eigenvalue weighted by Crippen LogP contribution is -2.32. The Kier molecular flexibility index (Phi) is 7.21. The number of esters is 1. The van der Waals surface area contributed by atoms with Crippen LogP contribution in [0.3, 0.4) is 0 Å². The fraction of sp³-hybridized carbons (Fsp3) is 0.350. The van der Waals surface area contributed by atoms with Gasteiger partial charge in [-0.3, -0.25) is 4.79 Å². The minimum Gasteiger partial charge on any atom is -0.464 e. The van der Waals surface area contributed by atoms with E-state index in [9.17, 15) is 18.0 Å². The largest absolute Gasteiger partial charge is 0.464 e. The Labute approximate surface area is 151 Å². The first-order valence-electron chi connectivity index (χ1n) is 8.43. The van der Waals surface area contributed by atoms with Gasteiger partial charge >= 0.3 is 12.1 Å². The highest BCUT2D eigenvalue weighted by Crippen LogP contribution is 2.29. The van der Waals surface area contributed by atoms with Crippen LogP contribution >= 0.6 is 0 Å². The van der Waals surface area contributed by atoms with Crippen molar-refractivity contribution in [3.63, 3.8) is 0 Å². The summed E-state index contributed by atoms with van der Waals surface area (Å²) in [6, 6.07) is 14.6. The average Bonchev–Trinajstić information content (AvgIpc) is 2.59. The highest BCUT2D eigenvalue weighted by Gasteiger charge is 2.30. The summed E-state index contributed by atoms with van der Waals surface area (Å²) in [6.45, 7) is 2.55. The molecule has 26 heavy (non-hydrogen) atoms. The summed E-state index contributed by atoms with van der Waals surface area (Å²) in [4.78, 5) is 11.7. The molecule has 1 unspecified atom stereocenters. The van der Waals surface area contributed by atoms with E-state index in [0.717, 1.165) is 17.7 Å². The first-order valence-corrected chi connectivity index (χ1v) is 8.43. The summed E-state index contributed by atoms with van der Waals surface area (Å²) in [7, 11) is 0. The molecule has 3 nitrogen and oxygen atoms in total. The van der Waals surface area contributed by atoms with Crippen LogP contribution < -0.4 is 5.32 Å². The molecule has 0 radical (unpaired) electrons. The smallest absolute Gasteiger partial charge is 0.416 e. The third-order valence-electron chi connectivity index (χ3n) is 3.85. The summed E-state index contributed by atoms with van der Waals surface area (Å²) in [5.41, 5.74) is 0.862. The lowest BCUT2D eigenvalue weighted by molar-refractivity contribution is -0.142. The van der Waals surface area contributed by atoms with Gasteiger partial charge in [-0.15, -0.1) is 0 Å². The first-order chi connectivity index (χ1) is 12.3. The van der Waals surface area contributed by atoms with Gasteiger partial charge in [-0.1, -0.05) is 48.5 Å². The molecule has 0 fully saturated rings. The standard InChI is InChI=1S/C20H22F3NO2/c1-15(12-17-8-5-9-18(13-17)20(21,22)23)24-10-11-26-19(25)14-16-6-3-2-4-7-16/h2-9,13,15,24H,10-12,14H2,1H3. The Morgan fingerprint density at radius 1 is 1.08 bits per heavy atom. The molecule has 0 aliphatic heterocycles. The molecule has 0 spiro atoms. The van der Waals surface area contributed by atoms with E-state index in [-0.39, 0.29) is 25.0 Å². The molecule has 0 saturated heterocycles. The minimum absolute atomic E-state index is 0.0358. The summed E-state index contributed by atoms with van der Waals surface area (Å²) in [5, 5.41) is 3.15. The van der Waals surface area contributed by atoms with Gasteiger partial charge in [0.2, 0.25) is 0 Å². The number of carbonyl (C=O) groups is 1. The maximum atomic E-state index is 12.7. The van der Waals surface area contributed by atoms with Crippen molar-refractivity contribution in [3.05, 3.63) is 71.3 Å². The lowest BCUT2D eigenvalue weighted by Gasteiger charge is -2.15. The summed E-state index contributed by atoms with van der Waals surface area (Å²) < 4.78 is 43.3. The highest BCUT2D eigenvalue weighted by atomic mass is 19.4. The molecule has 0 aliphatic rings. The van der Waals surface area contributed by atoms with Gasteiger partial charge in [0.1, 0.15) is 6.61 Å². The molecule has 0 aliphatic carbocycles. The van der Waals surface area contributed by atoms with E-state index < -0.39 is 11.7 Å². The predicted molar refractivity (Wildman–Crippen MR) is 93.7 cm³/mol. The molecule has 0 amide bonds. The van der Waals surface area contributed by atoms with Crippen molar-refractivity contribution >= 4 is 5.97 Å². The number of benzene rings is 2. The molecule has 6 heteroatoms. The number of halogens is 3. The monoisotopic (exact) mass is 365 g/mol. The number of nitrogens with one attached hydrogen (secondary N) is 1. The van der Waals surface area contributed by atoms with E-state index in [1.165, 1.54) is 6.07 Å². The quantitative estimate of drug-likeness (QED) is 0.567. The van der Waals surface area contributed by atoms with Gasteiger partial charge in [0.05, 0.1) is 12.0 Å². The fourth-order valence-corrected chi connectivity index (χ4v) is 2.58. The van der Waals surface area contributed by atoms with E-state index in [0.29, 0.717) is 18.5 Å². The molecule has 1 N–H and O–H groups in total. The van der Waals surface area contributed by atoms with Gasteiger partial charge < -0.3 is 10.1 Å². The summed E-state index contributed by atoms with van der Waals surface area (Å²) in [5.74, 6) is -0.302. The third kappa shape index (κ3) is 6.88. The molecule has 0 aromatic heterocycles. The molecule has 2 aromatic carbocycles. The zero-order chi connectivity index (χ0) is 19.0. The Bertz CT molecular complexity index is 702. The molecule has 2 aromatic rings. The maximum Gasteiger partial charge on any atom is 0.416 e. The molecule has 2 rings (SSSR count). The van der Waals surface area contributed by atoms with Gasteiger partial charge in [0.15, 0.2) is 0 Å². The van der Waals surface area contributed by atoms with Gasteiger partial charge in [-0.05, 0) is 30.5 Å².